The van der Waals surface area contributed by atoms with Crippen molar-refractivity contribution in [2.75, 3.05) is 13.6 Å². The van der Waals surface area contributed by atoms with E-state index < -0.39 is 0 Å². The van der Waals surface area contributed by atoms with Crippen molar-refractivity contribution in [1.82, 2.24) is 14.7 Å². The molecule has 0 aliphatic carbocycles. The van der Waals surface area contributed by atoms with Crippen molar-refractivity contribution in [3.63, 3.8) is 0 Å². The van der Waals surface area contributed by atoms with Crippen LogP contribution in [0.4, 0.5) is 0 Å². The lowest BCUT2D eigenvalue weighted by molar-refractivity contribution is 0.0788. The third kappa shape index (κ3) is 5.30. The summed E-state index contributed by atoms with van der Waals surface area (Å²) in [5, 5.41) is 4.37. The van der Waals surface area contributed by atoms with Gasteiger partial charge in [-0.15, -0.1) is 12.4 Å². The molecule has 0 saturated carbocycles. The molecule has 2 aromatic rings. The number of benzene rings is 1. The quantitative estimate of drug-likeness (QED) is 0.759. The summed E-state index contributed by atoms with van der Waals surface area (Å²) in [5.41, 5.74) is 8.46. The highest BCUT2D eigenvalue weighted by Crippen LogP contribution is 2.18. The molecule has 0 fully saturated rings. The maximum atomic E-state index is 12.7. The monoisotopic (exact) mass is 428 g/mol. The lowest BCUT2D eigenvalue weighted by Crippen LogP contribution is -2.34. The Hall–Kier alpha value is -1.37. The highest BCUT2D eigenvalue weighted by atomic mass is 79.9. The van der Waals surface area contributed by atoms with E-state index in [-0.39, 0.29) is 24.4 Å². The van der Waals surface area contributed by atoms with Gasteiger partial charge in [0.25, 0.3) is 5.91 Å². The molecule has 25 heavy (non-hydrogen) atoms. The average Bonchev–Trinajstić information content (AvgIpc) is 2.93. The molecule has 0 bridgehead atoms. The van der Waals surface area contributed by atoms with Crippen molar-refractivity contribution in [3.8, 4) is 5.69 Å². The molecule has 0 spiro atoms. The topological polar surface area (TPSA) is 64.2 Å². The van der Waals surface area contributed by atoms with E-state index in [0.29, 0.717) is 18.0 Å². The van der Waals surface area contributed by atoms with Gasteiger partial charge in [-0.3, -0.25) is 4.79 Å². The van der Waals surface area contributed by atoms with Crippen LogP contribution < -0.4 is 5.73 Å². The van der Waals surface area contributed by atoms with Crippen LogP contribution in [0.3, 0.4) is 0 Å². The second kappa shape index (κ2) is 9.36. The summed E-state index contributed by atoms with van der Waals surface area (Å²) < 4.78 is 2.79. The smallest absolute Gasteiger partial charge is 0.257 e. The lowest BCUT2D eigenvalue weighted by Gasteiger charge is -2.21. The minimum atomic E-state index is -0.0215. The number of carbonyl (C=O) groups is 1. The van der Waals surface area contributed by atoms with Crippen molar-refractivity contribution in [2.45, 2.75) is 33.2 Å². The first kappa shape index (κ1) is 21.7. The minimum absolute atomic E-state index is 0. The minimum Gasteiger partial charge on any atom is -0.342 e. The summed E-state index contributed by atoms with van der Waals surface area (Å²) in [6.07, 6.45) is 2.43. The summed E-state index contributed by atoms with van der Waals surface area (Å²) in [5.74, 6) is 0.391. The van der Waals surface area contributed by atoms with E-state index in [1.807, 2.05) is 38.2 Å². The van der Waals surface area contributed by atoms with Crippen LogP contribution in [0.5, 0.6) is 0 Å². The molecule has 1 atom stereocenters. The Labute approximate surface area is 164 Å². The highest BCUT2D eigenvalue weighted by Gasteiger charge is 2.19. The zero-order chi connectivity index (χ0) is 17.9. The fourth-order valence-electron chi connectivity index (χ4n) is 2.45. The van der Waals surface area contributed by atoms with Gasteiger partial charge in [-0.05, 0) is 43.5 Å². The van der Waals surface area contributed by atoms with Gasteiger partial charge in [-0.1, -0.05) is 29.8 Å². The predicted octanol–water partition coefficient (Wildman–Crippen LogP) is 3.81. The van der Waals surface area contributed by atoms with Crippen molar-refractivity contribution in [2.24, 2.45) is 11.7 Å². The number of amides is 1. The molecule has 1 aromatic carbocycles. The van der Waals surface area contributed by atoms with Gasteiger partial charge in [-0.25, -0.2) is 4.68 Å². The Morgan fingerprint density at radius 1 is 1.32 bits per heavy atom. The molecule has 7 heteroatoms. The zero-order valence-corrected chi connectivity index (χ0v) is 17.5. The SMILES string of the molecule is Cc1c(C(=O)N(C)CCC(N)C(C)C)cnn1-c1ccc(Br)cc1.Cl. The average molecular weight is 430 g/mol. The van der Waals surface area contributed by atoms with Crippen LogP contribution in [-0.4, -0.2) is 40.2 Å². The summed E-state index contributed by atoms with van der Waals surface area (Å²) >= 11 is 3.42. The Bertz CT molecular complexity index is 700. The van der Waals surface area contributed by atoms with Crippen LogP contribution in [0.15, 0.2) is 34.9 Å². The van der Waals surface area contributed by atoms with Crippen molar-refractivity contribution in [3.05, 3.63) is 46.2 Å². The molecule has 2 rings (SSSR count). The number of rotatable bonds is 6. The van der Waals surface area contributed by atoms with Gasteiger partial charge in [0.1, 0.15) is 0 Å². The normalized spacial score (nSPS) is 12.0. The van der Waals surface area contributed by atoms with Gasteiger partial charge in [0, 0.05) is 24.1 Å². The molecule has 0 aliphatic heterocycles. The Morgan fingerprint density at radius 3 is 2.48 bits per heavy atom. The Morgan fingerprint density at radius 2 is 1.92 bits per heavy atom. The molecular formula is C18H26BrClN4O. The third-order valence-corrected chi connectivity index (χ3v) is 4.84. The van der Waals surface area contributed by atoms with Gasteiger partial charge < -0.3 is 10.6 Å². The van der Waals surface area contributed by atoms with Gasteiger partial charge in [-0.2, -0.15) is 5.10 Å². The van der Waals surface area contributed by atoms with E-state index in [1.165, 1.54) is 0 Å². The van der Waals surface area contributed by atoms with Gasteiger partial charge in [0.05, 0.1) is 23.1 Å². The standard InChI is InChI=1S/C18H25BrN4O.ClH/c1-12(2)17(20)9-10-22(4)18(24)16-11-21-23(13(16)3)15-7-5-14(19)6-8-15;/h5-8,11-12,17H,9-10,20H2,1-4H3;1H. The van der Waals surface area contributed by atoms with E-state index in [9.17, 15) is 4.79 Å². The largest absolute Gasteiger partial charge is 0.342 e. The number of aromatic nitrogens is 2. The van der Waals surface area contributed by atoms with E-state index >= 15 is 0 Å². The molecule has 0 saturated heterocycles. The molecule has 1 amide bonds. The molecule has 0 radical (unpaired) electrons. The summed E-state index contributed by atoms with van der Waals surface area (Å²) in [6, 6.07) is 7.94. The van der Waals surface area contributed by atoms with E-state index in [2.05, 4.69) is 34.9 Å². The number of halogens is 2. The van der Waals surface area contributed by atoms with Crippen molar-refractivity contribution < 1.29 is 4.79 Å². The van der Waals surface area contributed by atoms with Crippen LogP contribution in [0.25, 0.3) is 5.69 Å². The maximum Gasteiger partial charge on any atom is 0.257 e. The van der Waals surface area contributed by atoms with Crippen LogP contribution in [0.1, 0.15) is 36.3 Å². The second-order valence-corrected chi connectivity index (χ2v) is 7.37. The Kier molecular flexibility index (Phi) is 8.12. The second-order valence-electron chi connectivity index (χ2n) is 6.46. The third-order valence-electron chi connectivity index (χ3n) is 4.31. The first-order chi connectivity index (χ1) is 11.3. The molecule has 0 aliphatic rings. The van der Waals surface area contributed by atoms with Crippen molar-refractivity contribution in [1.29, 1.82) is 0 Å². The molecule has 5 nitrogen and oxygen atoms in total. The van der Waals surface area contributed by atoms with Gasteiger partial charge in [0.2, 0.25) is 0 Å². The fourth-order valence-corrected chi connectivity index (χ4v) is 2.71. The number of hydrogen-bond acceptors (Lipinski definition) is 3. The van der Waals surface area contributed by atoms with Crippen LogP contribution in [0, 0.1) is 12.8 Å². The van der Waals surface area contributed by atoms with E-state index in [4.69, 9.17) is 5.73 Å². The number of nitrogens with zero attached hydrogens (tertiary/aromatic N) is 3. The molecule has 1 aromatic heterocycles. The molecule has 138 valence electrons. The first-order valence-corrected chi connectivity index (χ1v) is 8.92. The molecule has 1 heterocycles. The van der Waals surface area contributed by atoms with Gasteiger partial charge in [0.15, 0.2) is 0 Å². The molecular weight excluding hydrogens is 404 g/mol. The molecule has 1 unspecified atom stereocenters. The van der Waals surface area contributed by atoms with Crippen LogP contribution in [-0.2, 0) is 0 Å². The van der Waals surface area contributed by atoms with Gasteiger partial charge >= 0.3 is 0 Å². The molecule has 2 N–H and O–H groups in total. The maximum absolute atomic E-state index is 12.7. The highest BCUT2D eigenvalue weighted by molar-refractivity contribution is 9.10. The zero-order valence-electron chi connectivity index (χ0n) is 15.1. The number of hydrogen-bond donors (Lipinski definition) is 1. The number of carbonyl (C=O) groups excluding carboxylic acids is 1. The van der Waals surface area contributed by atoms with E-state index in [1.54, 1.807) is 15.8 Å². The number of nitrogens with two attached hydrogens (primary N) is 1. The van der Waals surface area contributed by atoms with Crippen molar-refractivity contribution >= 4 is 34.2 Å². The van der Waals surface area contributed by atoms with Crippen LogP contribution >= 0.6 is 28.3 Å². The predicted molar refractivity (Wildman–Crippen MR) is 108 cm³/mol. The fraction of sp³-hybridized carbons (Fsp3) is 0.444. The Balaban J connectivity index is 0.00000312. The summed E-state index contributed by atoms with van der Waals surface area (Å²) in [6.45, 7) is 6.74. The summed E-state index contributed by atoms with van der Waals surface area (Å²) in [4.78, 5) is 14.4. The first-order valence-electron chi connectivity index (χ1n) is 8.13. The van der Waals surface area contributed by atoms with E-state index in [0.717, 1.165) is 22.3 Å². The lowest BCUT2D eigenvalue weighted by atomic mass is 10.0. The van der Waals surface area contributed by atoms with Crippen LogP contribution in [0.2, 0.25) is 0 Å². The summed E-state index contributed by atoms with van der Waals surface area (Å²) in [7, 11) is 1.81.